The number of hydrogen-bond acceptors (Lipinski definition) is 2. The third-order valence-corrected chi connectivity index (χ3v) is 2.07. The molecule has 66 valence electrons. The van der Waals surface area contributed by atoms with Crippen LogP contribution in [0.4, 0.5) is 15.8 Å². The van der Waals surface area contributed by atoms with Gasteiger partial charge in [0.15, 0.2) is 0 Å². The number of nitrogens with two attached hydrogens (primary N) is 1. The Bertz CT molecular complexity index is 289. The molecule has 2 nitrogen and oxygen atoms in total. The smallest absolute Gasteiger partial charge is 0.139 e. The van der Waals surface area contributed by atoms with Gasteiger partial charge in [-0.2, -0.15) is 0 Å². The van der Waals surface area contributed by atoms with Gasteiger partial charge >= 0.3 is 0 Å². The quantitative estimate of drug-likeness (QED) is 0.770. The molecule has 0 aliphatic rings. The number of benzene rings is 1. The third kappa shape index (κ3) is 1.88. The summed E-state index contributed by atoms with van der Waals surface area (Å²) in [6.07, 6.45) is 0. The SMILES string of the molecule is CCNc1cc(F)c(Br)cc1N. The molecule has 0 atom stereocenters. The van der Waals surface area contributed by atoms with E-state index < -0.39 is 0 Å². The zero-order valence-corrected chi connectivity index (χ0v) is 8.28. The Hall–Kier alpha value is -0.770. The lowest BCUT2D eigenvalue weighted by molar-refractivity contribution is 0.622. The largest absolute Gasteiger partial charge is 0.397 e. The van der Waals surface area contributed by atoms with Gasteiger partial charge in [-0.15, -0.1) is 0 Å². The number of anilines is 2. The minimum Gasteiger partial charge on any atom is -0.397 e. The van der Waals surface area contributed by atoms with Gasteiger partial charge in [-0.05, 0) is 28.9 Å². The zero-order chi connectivity index (χ0) is 9.14. The van der Waals surface area contributed by atoms with Gasteiger partial charge < -0.3 is 11.1 Å². The van der Waals surface area contributed by atoms with Gasteiger partial charge in [0.05, 0.1) is 15.8 Å². The van der Waals surface area contributed by atoms with Crippen molar-refractivity contribution in [1.29, 1.82) is 0 Å². The lowest BCUT2D eigenvalue weighted by atomic mass is 10.2. The van der Waals surface area contributed by atoms with E-state index in [0.717, 1.165) is 6.54 Å². The molecule has 0 spiro atoms. The van der Waals surface area contributed by atoms with E-state index in [1.54, 1.807) is 6.07 Å². The second-order valence-corrected chi connectivity index (χ2v) is 3.24. The molecule has 0 amide bonds. The van der Waals surface area contributed by atoms with E-state index in [9.17, 15) is 4.39 Å². The zero-order valence-electron chi connectivity index (χ0n) is 6.70. The Balaban J connectivity index is 3.05. The number of halogens is 2. The topological polar surface area (TPSA) is 38.0 Å². The van der Waals surface area contributed by atoms with E-state index in [1.165, 1.54) is 6.07 Å². The fraction of sp³-hybridized carbons (Fsp3) is 0.250. The van der Waals surface area contributed by atoms with Crippen LogP contribution in [0.2, 0.25) is 0 Å². The average Bonchev–Trinajstić information content (AvgIpc) is 2.01. The van der Waals surface area contributed by atoms with Crippen molar-refractivity contribution >= 4 is 27.3 Å². The van der Waals surface area contributed by atoms with E-state index in [4.69, 9.17) is 5.73 Å². The summed E-state index contributed by atoms with van der Waals surface area (Å²) in [4.78, 5) is 0. The van der Waals surface area contributed by atoms with Crippen molar-refractivity contribution in [3.05, 3.63) is 22.4 Å². The number of rotatable bonds is 2. The van der Waals surface area contributed by atoms with Gasteiger partial charge in [0.2, 0.25) is 0 Å². The van der Waals surface area contributed by atoms with Crippen molar-refractivity contribution < 1.29 is 4.39 Å². The molecule has 0 aliphatic heterocycles. The lowest BCUT2D eigenvalue weighted by Gasteiger charge is -2.07. The maximum Gasteiger partial charge on any atom is 0.139 e. The van der Waals surface area contributed by atoms with Gasteiger partial charge in [-0.3, -0.25) is 0 Å². The Morgan fingerprint density at radius 2 is 2.25 bits per heavy atom. The standard InChI is InChI=1S/C8H10BrFN2/c1-2-12-8-4-6(10)5(9)3-7(8)11/h3-4,12H,2,11H2,1H3. The normalized spacial score (nSPS) is 9.92. The first kappa shape index (κ1) is 9.32. The summed E-state index contributed by atoms with van der Waals surface area (Å²) >= 11 is 3.05. The predicted molar refractivity (Wildman–Crippen MR) is 52.7 cm³/mol. The van der Waals surface area contributed by atoms with E-state index in [1.807, 2.05) is 6.92 Å². The van der Waals surface area contributed by atoms with Crippen molar-refractivity contribution in [1.82, 2.24) is 0 Å². The first-order valence-electron chi connectivity index (χ1n) is 3.63. The predicted octanol–water partition coefficient (Wildman–Crippen LogP) is 2.60. The summed E-state index contributed by atoms with van der Waals surface area (Å²) in [6, 6.07) is 2.93. The Morgan fingerprint density at radius 1 is 1.58 bits per heavy atom. The lowest BCUT2D eigenvalue weighted by Crippen LogP contribution is -2.01. The highest BCUT2D eigenvalue weighted by molar-refractivity contribution is 9.10. The molecule has 0 unspecified atom stereocenters. The van der Waals surface area contributed by atoms with Crippen molar-refractivity contribution in [3.63, 3.8) is 0 Å². The molecule has 1 aromatic carbocycles. The number of hydrogen-bond donors (Lipinski definition) is 2. The number of nitrogen functional groups attached to an aromatic ring is 1. The summed E-state index contributed by atoms with van der Waals surface area (Å²) in [5.41, 5.74) is 6.80. The van der Waals surface area contributed by atoms with E-state index in [2.05, 4.69) is 21.2 Å². The van der Waals surface area contributed by atoms with Gasteiger partial charge in [-0.1, -0.05) is 0 Å². The van der Waals surface area contributed by atoms with Crippen LogP contribution < -0.4 is 11.1 Å². The molecule has 0 fully saturated rings. The highest BCUT2D eigenvalue weighted by Gasteiger charge is 2.04. The van der Waals surface area contributed by atoms with Crippen LogP contribution in [0.3, 0.4) is 0 Å². The van der Waals surface area contributed by atoms with Crippen LogP contribution in [0.15, 0.2) is 16.6 Å². The van der Waals surface area contributed by atoms with Crippen LogP contribution in [0.25, 0.3) is 0 Å². The monoisotopic (exact) mass is 232 g/mol. The number of nitrogens with one attached hydrogen (secondary N) is 1. The molecule has 0 saturated carbocycles. The summed E-state index contributed by atoms with van der Waals surface area (Å²) in [6.45, 7) is 2.66. The van der Waals surface area contributed by atoms with Crippen molar-refractivity contribution in [2.75, 3.05) is 17.6 Å². The van der Waals surface area contributed by atoms with Crippen LogP contribution >= 0.6 is 15.9 Å². The Morgan fingerprint density at radius 3 is 2.83 bits per heavy atom. The molecule has 0 aromatic heterocycles. The molecular weight excluding hydrogens is 223 g/mol. The molecule has 0 radical (unpaired) electrons. The van der Waals surface area contributed by atoms with Crippen molar-refractivity contribution in [3.8, 4) is 0 Å². The fourth-order valence-corrected chi connectivity index (χ4v) is 1.27. The molecule has 1 aromatic rings. The second kappa shape index (κ2) is 3.76. The second-order valence-electron chi connectivity index (χ2n) is 2.38. The van der Waals surface area contributed by atoms with Crippen LogP contribution in [0.1, 0.15) is 6.92 Å². The molecule has 12 heavy (non-hydrogen) atoms. The first-order valence-corrected chi connectivity index (χ1v) is 4.42. The van der Waals surface area contributed by atoms with E-state index in [0.29, 0.717) is 15.8 Å². The third-order valence-electron chi connectivity index (χ3n) is 1.46. The molecule has 0 aliphatic carbocycles. The molecule has 1 rings (SSSR count). The average molecular weight is 233 g/mol. The Labute approximate surface area is 79.1 Å². The summed E-state index contributed by atoms with van der Waals surface area (Å²) in [7, 11) is 0. The van der Waals surface area contributed by atoms with Crippen LogP contribution in [0, 0.1) is 5.82 Å². The molecular formula is C8H10BrFN2. The first-order chi connectivity index (χ1) is 5.65. The summed E-state index contributed by atoms with van der Waals surface area (Å²) in [5.74, 6) is -0.305. The van der Waals surface area contributed by atoms with Crippen LogP contribution in [-0.4, -0.2) is 6.54 Å². The minimum atomic E-state index is -0.305. The molecule has 4 heteroatoms. The highest BCUT2D eigenvalue weighted by atomic mass is 79.9. The van der Waals surface area contributed by atoms with Crippen LogP contribution in [0.5, 0.6) is 0 Å². The molecule has 0 heterocycles. The summed E-state index contributed by atoms with van der Waals surface area (Å²) < 4.78 is 13.3. The molecule has 0 bridgehead atoms. The molecule has 3 N–H and O–H groups in total. The van der Waals surface area contributed by atoms with Crippen molar-refractivity contribution in [2.24, 2.45) is 0 Å². The summed E-state index contributed by atoms with van der Waals surface area (Å²) in [5, 5.41) is 2.96. The van der Waals surface area contributed by atoms with Crippen LogP contribution in [-0.2, 0) is 0 Å². The van der Waals surface area contributed by atoms with Gasteiger partial charge in [-0.25, -0.2) is 4.39 Å². The maximum atomic E-state index is 12.9. The molecule has 0 saturated heterocycles. The Kier molecular flexibility index (Phi) is 2.92. The highest BCUT2D eigenvalue weighted by Crippen LogP contribution is 2.26. The minimum absolute atomic E-state index is 0.305. The van der Waals surface area contributed by atoms with Crippen molar-refractivity contribution in [2.45, 2.75) is 6.92 Å². The van der Waals surface area contributed by atoms with E-state index >= 15 is 0 Å². The van der Waals surface area contributed by atoms with Gasteiger partial charge in [0.1, 0.15) is 5.82 Å². The van der Waals surface area contributed by atoms with E-state index in [-0.39, 0.29) is 5.82 Å². The van der Waals surface area contributed by atoms with Gasteiger partial charge in [0, 0.05) is 12.6 Å². The van der Waals surface area contributed by atoms with Gasteiger partial charge in [0.25, 0.3) is 0 Å². The maximum absolute atomic E-state index is 12.9. The fourth-order valence-electron chi connectivity index (χ4n) is 0.906.